The quantitative estimate of drug-likeness (QED) is 0.834. The molecule has 1 N–H and O–H groups in total. The predicted octanol–water partition coefficient (Wildman–Crippen LogP) is 2.40. The highest BCUT2D eigenvalue weighted by Crippen LogP contribution is 2.28. The van der Waals surface area contributed by atoms with Crippen molar-refractivity contribution in [1.29, 1.82) is 0 Å². The second-order valence-corrected chi connectivity index (χ2v) is 4.28. The zero-order valence-electron chi connectivity index (χ0n) is 10.4. The van der Waals surface area contributed by atoms with E-state index in [1.165, 1.54) is 0 Å². The van der Waals surface area contributed by atoms with Gasteiger partial charge in [-0.3, -0.25) is 0 Å². The second-order valence-electron chi connectivity index (χ2n) is 4.28. The summed E-state index contributed by atoms with van der Waals surface area (Å²) < 4.78 is 10.7. The first kappa shape index (κ1) is 12.8. The Bertz CT molecular complexity index is 334. The van der Waals surface area contributed by atoms with Crippen LogP contribution in [-0.4, -0.2) is 24.9 Å². The van der Waals surface area contributed by atoms with Crippen LogP contribution in [0, 0.1) is 12.8 Å². The molecule has 90 valence electrons. The summed E-state index contributed by atoms with van der Waals surface area (Å²) >= 11 is 0. The van der Waals surface area contributed by atoms with E-state index in [0.29, 0.717) is 11.5 Å². The maximum absolute atomic E-state index is 9.64. The van der Waals surface area contributed by atoms with Gasteiger partial charge in [0.1, 0.15) is 6.61 Å². The Hall–Kier alpha value is -1.22. The lowest BCUT2D eigenvalue weighted by Gasteiger charge is -2.17. The maximum atomic E-state index is 9.64. The Kier molecular flexibility index (Phi) is 4.62. The molecule has 3 heteroatoms. The summed E-state index contributed by atoms with van der Waals surface area (Å²) in [4.78, 5) is 0. The van der Waals surface area contributed by atoms with Gasteiger partial charge in [-0.15, -0.1) is 0 Å². The molecule has 16 heavy (non-hydrogen) atoms. The van der Waals surface area contributed by atoms with Gasteiger partial charge in [0.05, 0.1) is 13.2 Å². The van der Waals surface area contributed by atoms with E-state index in [-0.39, 0.29) is 12.5 Å². The van der Waals surface area contributed by atoms with Crippen LogP contribution < -0.4 is 9.47 Å². The first-order valence-corrected chi connectivity index (χ1v) is 5.50. The van der Waals surface area contributed by atoms with Gasteiger partial charge in [-0.05, 0) is 30.5 Å². The summed E-state index contributed by atoms with van der Waals surface area (Å²) in [6.45, 7) is 6.20. The van der Waals surface area contributed by atoms with Gasteiger partial charge in [-0.25, -0.2) is 0 Å². The molecule has 0 saturated heterocycles. The number of aryl methyl sites for hydroxylation is 1. The zero-order chi connectivity index (χ0) is 12.1. The van der Waals surface area contributed by atoms with Crippen molar-refractivity contribution in [3.8, 4) is 11.5 Å². The molecule has 0 amide bonds. The molecule has 0 spiro atoms. The molecule has 0 aliphatic rings. The average molecular weight is 224 g/mol. The van der Waals surface area contributed by atoms with Crippen molar-refractivity contribution < 1.29 is 14.6 Å². The van der Waals surface area contributed by atoms with Crippen LogP contribution in [0.1, 0.15) is 19.4 Å². The monoisotopic (exact) mass is 224 g/mol. The highest BCUT2D eigenvalue weighted by Gasteiger charge is 2.11. The van der Waals surface area contributed by atoms with Crippen LogP contribution in [0.5, 0.6) is 11.5 Å². The third-order valence-electron chi connectivity index (χ3n) is 2.50. The van der Waals surface area contributed by atoms with E-state index in [2.05, 4.69) is 0 Å². The Balaban J connectivity index is 2.66. The van der Waals surface area contributed by atoms with E-state index in [9.17, 15) is 5.11 Å². The lowest BCUT2D eigenvalue weighted by molar-refractivity contribution is 0.0689. The van der Waals surface area contributed by atoms with Gasteiger partial charge in [0, 0.05) is 0 Å². The number of benzene rings is 1. The van der Waals surface area contributed by atoms with Crippen LogP contribution in [0.15, 0.2) is 18.2 Å². The molecule has 1 rings (SSSR count). The van der Waals surface area contributed by atoms with Gasteiger partial charge >= 0.3 is 0 Å². The van der Waals surface area contributed by atoms with Crippen LogP contribution in [-0.2, 0) is 0 Å². The van der Waals surface area contributed by atoms with E-state index in [4.69, 9.17) is 9.47 Å². The smallest absolute Gasteiger partial charge is 0.161 e. The number of ether oxygens (including phenoxy) is 2. The number of hydrogen-bond donors (Lipinski definition) is 1. The largest absolute Gasteiger partial charge is 0.493 e. The Morgan fingerprint density at radius 2 is 1.94 bits per heavy atom. The molecule has 1 aromatic carbocycles. The van der Waals surface area contributed by atoms with Gasteiger partial charge in [-0.1, -0.05) is 19.9 Å². The van der Waals surface area contributed by atoms with Gasteiger partial charge in [0.25, 0.3) is 0 Å². The summed E-state index contributed by atoms with van der Waals surface area (Å²) in [5.41, 5.74) is 1.12. The number of methoxy groups -OCH3 is 1. The fourth-order valence-electron chi connectivity index (χ4n) is 1.26. The van der Waals surface area contributed by atoms with E-state index < -0.39 is 6.10 Å². The number of hydrogen-bond acceptors (Lipinski definition) is 3. The molecule has 0 radical (unpaired) electrons. The summed E-state index contributed by atoms with van der Waals surface area (Å²) in [5.74, 6) is 1.57. The molecular formula is C13H20O3. The highest BCUT2D eigenvalue weighted by molar-refractivity contribution is 5.42. The van der Waals surface area contributed by atoms with Gasteiger partial charge in [0.2, 0.25) is 0 Å². The molecule has 0 aliphatic heterocycles. The predicted molar refractivity (Wildman–Crippen MR) is 64.1 cm³/mol. The molecular weight excluding hydrogens is 204 g/mol. The third-order valence-corrected chi connectivity index (χ3v) is 2.50. The van der Waals surface area contributed by atoms with Crippen molar-refractivity contribution >= 4 is 0 Å². The number of aliphatic hydroxyl groups is 1. The van der Waals surface area contributed by atoms with Crippen LogP contribution >= 0.6 is 0 Å². The van der Waals surface area contributed by atoms with E-state index in [0.717, 1.165) is 5.56 Å². The van der Waals surface area contributed by atoms with E-state index in [1.54, 1.807) is 7.11 Å². The molecule has 0 fully saturated rings. The summed E-state index contributed by atoms with van der Waals surface area (Å²) in [6, 6.07) is 5.73. The molecule has 1 unspecified atom stereocenters. The van der Waals surface area contributed by atoms with Crippen molar-refractivity contribution in [2.24, 2.45) is 5.92 Å². The minimum absolute atomic E-state index is 0.191. The summed E-state index contributed by atoms with van der Waals surface area (Å²) in [5, 5.41) is 9.64. The minimum Gasteiger partial charge on any atom is -0.493 e. The third kappa shape index (κ3) is 3.42. The molecule has 1 atom stereocenters. The molecule has 1 aromatic rings. The van der Waals surface area contributed by atoms with Crippen LogP contribution in [0.25, 0.3) is 0 Å². The molecule has 0 aliphatic carbocycles. The summed E-state index contributed by atoms with van der Waals surface area (Å²) in [7, 11) is 1.61. The Morgan fingerprint density at radius 1 is 1.25 bits per heavy atom. The van der Waals surface area contributed by atoms with Gasteiger partial charge < -0.3 is 14.6 Å². The molecule has 0 heterocycles. The fraction of sp³-hybridized carbons (Fsp3) is 0.538. The molecule has 0 bridgehead atoms. The fourth-order valence-corrected chi connectivity index (χ4v) is 1.26. The first-order chi connectivity index (χ1) is 7.54. The van der Waals surface area contributed by atoms with Crippen LogP contribution in [0.2, 0.25) is 0 Å². The lowest BCUT2D eigenvalue weighted by Crippen LogP contribution is -2.23. The SMILES string of the molecule is COc1cc(C)ccc1OCC(O)C(C)C. The lowest BCUT2D eigenvalue weighted by atomic mass is 10.1. The van der Waals surface area contributed by atoms with Crippen LogP contribution in [0.3, 0.4) is 0 Å². The molecule has 0 saturated carbocycles. The Labute approximate surface area is 97.0 Å². The Morgan fingerprint density at radius 3 is 2.50 bits per heavy atom. The van der Waals surface area contributed by atoms with Crippen molar-refractivity contribution in [3.05, 3.63) is 23.8 Å². The molecule has 3 nitrogen and oxygen atoms in total. The normalized spacial score (nSPS) is 12.6. The molecule has 0 aromatic heterocycles. The van der Waals surface area contributed by atoms with Gasteiger partial charge in [-0.2, -0.15) is 0 Å². The van der Waals surface area contributed by atoms with E-state index in [1.807, 2.05) is 39.0 Å². The standard InChI is InChI=1S/C13H20O3/c1-9(2)11(14)8-16-12-6-5-10(3)7-13(12)15-4/h5-7,9,11,14H,8H2,1-4H3. The number of aliphatic hydroxyl groups excluding tert-OH is 1. The first-order valence-electron chi connectivity index (χ1n) is 5.50. The summed E-state index contributed by atoms with van der Waals surface area (Å²) in [6.07, 6.45) is -0.453. The van der Waals surface area contributed by atoms with Crippen molar-refractivity contribution in [3.63, 3.8) is 0 Å². The van der Waals surface area contributed by atoms with E-state index >= 15 is 0 Å². The minimum atomic E-state index is -0.453. The van der Waals surface area contributed by atoms with Gasteiger partial charge in [0.15, 0.2) is 11.5 Å². The maximum Gasteiger partial charge on any atom is 0.161 e. The van der Waals surface area contributed by atoms with Crippen molar-refractivity contribution in [2.75, 3.05) is 13.7 Å². The van der Waals surface area contributed by atoms with Crippen LogP contribution in [0.4, 0.5) is 0 Å². The highest BCUT2D eigenvalue weighted by atomic mass is 16.5. The topological polar surface area (TPSA) is 38.7 Å². The second kappa shape index (κ2) is 5.75. The van der Waals surface area contributed by atoms with Crippen molar-refractivity contribution in [1.82, 2.24) is 0 Å². The zero-order valence-corrected chi connectivity index (χ0v) is 10.4. The van der Waals surface area contributed by atoms with Crippen molar-refractivity contribution in [2.45, 2.75) is 26.9 Å². The average Bonchev–Trinajstić information content (AvgIpc) is 2.26. The number of rotatable bonds is 5.